The lowest BCUT2D eigenvalue weighted by atomic mass is 9.93. The maximum atomic E-state index is 12.2. The first-order valence-corrected chi connectivity index (χ1v) is 8.05. The highest BCUT2D eigenvalue weighted by atomic mass is 16.7. The molecule has 1 aromatic carbocycles. The Labute approximate surface area is 136 Å². The summed E-state index contributed by atoms with van der Waals surface area (Å²) in [7, 11) is 1.42. The highest BCUT2D eigenvalue weighted by Crippen LogP contribution is 2.43. The van der Waals surface area contributed by atoms with Crippen molar-refractivity contribution in [3.05, 3.63) is 35.9 Å². The minimum Gasteiger partial charge on any atom is -0.469 e. The Hall–Kier alpha value is -1.43. The summed E-state index contributed by atoms with van der Waals surface area (Å²) < 4.78 is 22.8. The molecular formula is C18H24O5. The summed E-state index contributed by atoms with van der Waals surface area (Å²) in [6.07, 6.45) is 0.433. The van der Waals surface area contributed by atoms with Crippen molar-refractivity contribution in [3.8, 4) is 0 Å². The van der Waals surface area contributed by atoms with Gasteiger partial charge < -0.3 is 18.9 Å². The molecule has 23 heavy (non-hydrogen) atoms. The lowest BCUT2D eigenvalue weighted by molar-refractivity contribution is -0.290. The summed E-state index contributed by atoms with van der Waals surface area (Å²) in [5.74, 6) is -1.22. The maximum Gasteiger partial charge on any atom is 0.311 e. The Morgan fingerprint density at radius 3 is 2.74 bits per heavy atom. The second-order valence-electron chi connectivity index (χ2n) is 6.65. The van der Waals surface area contributed by atoms with E-state index in [2.05, 4.69) is 0 Å². The number of ether oxygens (including phenoxy) is 4. The zero-order valence-corrected chi connectivity index (χ0v) is 13.9. The van der Waals surface area contributed by atoms with Gasteiger partial charge >= 0.3 is 5.97 Å². The van der Waals surface area contributed by atoms with Crippen LogP contribution in [0, 0.1) is 11.8 Å². The predicted molar refractivity (Wildman–Crippen MR) is 83.5 cm³/mol. The molecule has 0 N–H and O–H groups in total. The molecule has 0 unspecified atom stereocenters. The summed E-state index contributed by atoms with van der Waals surface area (Å²) in [4.78, 5) is 12.2. The fourth-order valence-electron chi connectivity index (χ4n) is 3.51. The third-order valence-electron chi connectivity index (χ3n) is 4.64. The zero-order chi connectivity index (χ0) is 16.4. The highest BCUT2D eigenvalue weighted by Gasteiger charge is 2.53. The van der Waals surface area contributed by atoms with Crippen molar-refractivity contribution in [2.45, 2.75) is 44.9 Å². The lowest BCUT2D eigenvalue weighted by Gasteiger charge is -2.39. The summed E-state index contributed by atoms with van der Waals surface area (Å²) in [5, 5.41) is 0. The van der Waals surface area contributed by atoms with Crippen LogP contribution in [0.2, 0.25) is 0 Å². The first kappa shape index (κ1) is 16.4. The molecule has 0 aromatic heterocycles. The van der Waals surface area contributed by atoms with Crippen molar-refractivity contribution in [2.75, 3.05) is 13.7 Å². The molecule has 0 spiro atoms. The Balaban J connectivity index is 1.71. The number of benzene rings is 1. The van der Waals surface area contributed by atoms with Gasteiger partial charge in [0, 0.05) is 12.3 Å². The van der Waals surface area contributed by atoms with E-state index in [1.54, 1.807) is 0 Å². The first-order valence-electron chi connectivity index (χ1n) is 8.05. The first-order chi connectivity index (χ1) is 11.0. The lowest BCUT2D eigenvalue weighted by Crippen LogP contribution is -2.46. The number of hydrogen-bond acceptors (Lipinski definition) is 5. The van der Waals surface area contributed by atoms with Crippen LogP contribution in [0.25, 0.3) is 0 Å². The Morgan fingerprint density at radius 1 is 1.30 bits per heavy atom. The van der Waals surface area contributed by atoms with Crippen molar-refractivity contribution in [3.63, 3.8) is 0 Å². The van der Waals surface area contributed by atoms with Gasteiger partial charge in [0.1, 0.15) is 0 Å². The van der Waals surface area contributed by atoms with Crippen molar-refractivity contribution in [2.24, 2.45) is 11.8 Å². The quantitative estimate of drug-likeness (QED) is 0.798. The van der Waals surface area contributed by atoms with E-state index in [1.165, 1.54) is 7.11 Å². The summed E-state index contributed by atoms with van der Waals surface area (Å²) in [5.41, 5.74) is 1.09. The van der Waals surface area contributed by atoms with E-state index in [-0.39, 0.29) is 30.0 Å². The van der Waals surface area contributed by atoms with Gasteiger partial charge in [0.05, 0.1) is 38.4 Å². The maximum absolute atomic E-state index is 12.2. The number of carbonyl (C=O) groups is 1. The summed E-state index contributed by atoms with van der Waals surface area (Å²) in [6.45, 7) is 4.76. The van der Waals surface area contributed by atoms with Crippen LogP contribution in [0.5, 0.6) is 0 Å². The number of hydrogen-bond donors (Lipinski definition) is 0. The van der Waals surface area contributed by atoms with Gasteiger partial charge in [-0.2, -0.15) is 0 Å². The monoisotopic (exact) mass is 320 g/mol. The van der Waals surface area contributed by atoms with Gasteiger partial charge in [0.15, 0.2) is 5.79 Å². The average Bonchev–Trinajstić information content (AvgIpc) is 2.89. The number of esters is 1. The van der Waals surface area contributed by atoms with Crippen LogP contribution in [-0.2, 0) is 30.3 Å². The van der Waals surface area contributed by atoms with Gasteiger partial charge in [-0.1, -0.05) is 30.3 Å². The minimum absolute atomic E-state index is 0.0174. The van der Waals surface area contributed by atoms with Crippen molar-refractivity contribution in [1.82, 2.24) is 0 Å². The number of methoxy groups -OCH3 is 1. The molecule has 1 aliphatic heterocycles. The topological polar surface area (TPSA) is 54.0 Å². The van der Waals surface area contributed by atoms with Gasteiger partial charge in [-0.15, -0.1) is 0 Å². The molecule has 5 heteroatoms. The molecule has 0 amide bonds. The van der Waals surface area contributed by atoms with Gasteiger partial charge in [0.25, 0.3) is 0 Å². The molecule has 3 rings (SSSR count). The van der Waals surface area contributed by atoms with E-state index < -0.39 is 5.79 Å². The van der Waals surface area contributed by atoms with E-state index >= 15 is 0 Å². The predicted octanol–water partition coefficient (Wildman–Crippen LogP) is 2.53. The normalized spacial score (nSPS) is 32.3. The molecule has 126 valence electrons. The molecule has 1 aliphatic carbocycles. The van der Waals surface area contributed by atoms with E-state index in [0.717, 1.165) is 5.56 Å². The van der Waals surface area contributed by atoms with Crippen LogP contribution in [0.1, 0.15) is 25.8 Å². The fourth-order valence-corrected chi connectivity index (χ4v) is 3.51. The molecule has 1 saturated carbocycles. The van der Waals surface area contributed by atoms with Crippen LogP contribution in [0.3, 0.4) is 0 Å². The van der Waals surface area contributed by atoms with Gasteiger partial charge in [-0.05, 0) is 19.4 Å². The molecule has 0 bridgehead atoms. The van der Waals surface area contributed by atoms with Gasteiger partial charge in [-0.25, -0.2) is 0 Å². The third kappa shape index (κ3) is 3.57. The number of carbonyl (C=O) groups excluding carboxylic acids is 1. The summed E-state index contributed by atoms with van der Waals surface area (Å²) in [6, 6.07) is 9.95. The second kappa shape index (κ2) is 6.59. The highest BCUT2D eigenvalue weighted by molar-refractivity contribution is 5.74. The van der Waals surface area contributed by atoms with Crippen LogP contribution in [0.15, 0.2) is 30.3 Å². The molecular weight excluding hydrogens is 296 g/mol. The second-order valence-corrected chi connectivity index (χ2v) is 6.65. The van der Waals surface area contributed by atoms with Crippen LogP contribution < -0.4 is 0 Å². The van der Waals surface area contributed by atoms with Gasteiger partial charge in [-0.3, -0.25) is 4.79 Å². The molecule has 2 fully saturated rings. The molecule has 1 saturated heterocycles. The Morgan fingerprint density at radius 2 is 2.04 bits per heavy atom. The zero-order valence-electron chi connectivity index (χ0n) is 13.9. The van der Waals surface area contributed by atoms with Crippen LogP contribution in [-0.4, -0.2) is 37.7 Å². The van der Waals surface area contributed by atoms with E-state index in [4.69, 9.17) is 18.9 Å². The molecule has 2 aliphatic rings. The molecule has 1 aromatic rings. The fraction of sp³-hybridized carbons (Fsp3) is 0.611. The van der Waals surface area contributed by atoms with E-state index in [9.17, 15) is 4.79 Å². The number of fused-ring (bicyclic) bond motifs is 1. The largest absolute Gasteiger partial charge is 0.469 e. The summed E-state index contributed by atoms with van der Waals surface area (Å²) >= 11 is 0. The molecule has 0 radical (unpaired) electrons. The Bertz CT molecular complexity index is 542. The molecule has 5 nitrogen and oxygen atoms in total. The number of rotatable bonds is 4. The SMILES string of the molecule is COC(=O)[C@@H]1[C@@H]2COC(C)(C)O[C@@H]2C[C@@H]1OCc1ccccc1. The van der Waals surface area contributed by atoms with E-state index in [0.29, 0.717) is 19.6 Å². The van der Waals surface area contributed by atoms with Crippen LogP contribution in [0.4, 0.5) is 0 Å². The average molecular weight is 320 g/mol. The third-order valence-corrected chi connectivity index (χ3v) is 4.64. The Kier molecular flexibility index (Phi) is 4.71. The minimum atomic E-state index is -0.615. The molecule has 1 heterocycles. The van der Waals surface area contributed by atoms with E-state index in [1.807, 2.05) is 44.2 Å². The van der Waals surface area contributed by atoms with Crippen LogP contribution >= 0.6 is 0 Å². The van der Waals surface area contributed by atoms with Crippen molar-refractivity contribution in [1.29, 1.82) is 0 Å². The smallest absolute Gasteiger partial charge is 0.311 e. The van der Waals surface area contributed by atoms with Crippen molar-refractivity contribution >= 4 is 5.97 Å². The molecule has 4 atom stereocenters. The van der Waals surface area contributed by atoms with Gasteiger partial charge in [0.2, 0.25) is 0 Å². The van der Waals surface area contributed by atoms with Crippen molar-refractivity contribution < 1.29 is 23.7 Å². The standard InChI is InChI=1S/C18H24O5/c1-18(2)22-11-13-14(23-18)9-15(16(13)17(19)20-3)21-10-12-7-5-4-6-8-12/h4-8,13-16H,9-11H2,1-3H3/t13-,14-,15+,16-/m1/s1.